The predicted octanol–water partition coefficient (Wildman–Crippen LogP) is 5.82. The van der Waals surface area contributed by atoms with E-state index in [1.54, 1.807) is 16.9 Å². The standard InChI is InChI=1S/C25H22BrF3N4O2/c1-3-19-8-9-21-22(16-10-18(26)13-30-12-16)23(20(14-35-2)32-33(19)21)24(34)31-11-15-4-6-17(7-5-15)25(27,28)29/h4-10,12-13H,3,11,14H2,1-2H3,(H,31,34). The van der Waals surface area contributed by atoms with Crippen molar-refractivity contribution in [3.63, 3.8) is 0 Å². The molecule has 0 unspecified atom stereocenters. The number of halogens is 4. The number of alkyl halides is 3. The van der Waals surface area contributed by atoms with Gasteiger partial charge in [-0.2, -0.15) is 18.3 Å². The van der Waals surface area contributed by atoms with Gasteiger partial charge in [-0.25, -0.2) is 4.52 Å². The summed E-state index contributed by atoms with van der Waals surface area (Å²) in [4.78, 5) is 17.8. The van der Waals surface area contributed by atoms with Gasteiger partial charge in [-0.05, 0) is 58.2 Å². The lowest BCUT2D eigenvalue weighted by Crippen LogP contribution is -2.26. The van der Waals surface area contributed by atoms with Gasteiger partial charge in [0.15, 0.2) is 0 Å². The molecule has 6 nitrogen and oxygen atoms in total. The zero-order chi connectivity index (χ0) is 25.2. The van der Waals surface area contributed by atoms with Crippen LogP contribution in [0, 0.1) is 0 Å². The Bertz CT molecular complexity index is 1370. The number of carbonyl (C=O) groups excluding carboxylic acids is 1. The van der Waals surface area contributed by atoms with Crippen molar-refractivity contribution in [3.8, 4) is 11.1 Å². The fourth-order valence-corrected chi connectivity index (χ4v) is 4.26. The molecule has 0 atom stereocenters. The summed E-state index contributed by atoms with van der Waals surface area (Å²) < 4.78 is 46.5. The molecule has 10 heteroatoms. The Balaban J connectivity index is 1.78. The van der Waals surface area contributed by atoms with Crippen molar-refractivity contribution >= 4 is 27.4 Å². The zero-order valence-electron chi connectivity index (χ0n) is 19.0. The van der Waals surface area contributed by atoms with Crippen LogP contribution in [-0.4, -0.2) is 27.6 Å². The number of aromatic nitrogens is 3. The molecule has 0 bridgehead atoms. The number of fused-ring (bicyclic) bond motifs is 1. The van der Waals surface area contributed by atoms with E-state index in [0.29, 0.717) is 27.9 Å². The van der Waals surface area contributed by atoms with Crippen LogP contribution in [0.4, 0.5) is 13.2 Å². The number of methoxy groups -OCH3 is 1. The van der Waals surface area contributed by atoms with Gasteiger partial charge in [-0.3, -0.25) is 9.78 Å². The third-order valence-corrected chi connectivity index (χ3v) is 5.98. The molecule has 0 aliphatic heterocycles. The van der Waals surface area contributed by atoms with Crippen molar-refractivity contribution in [2.45, 2.75) is 32.7 Å². The number of pyridine rings is 1. The van der Waals surface area contributed by atoms with Crippen molar-refractivity contribution in [2.24, 2.45) is 0 Å². The topological polar surface area (TPSA) is 68.5 Å². The number of hydrogen-bond acceptors (Lipinski definition) is 4. The first kappa shape index (κ1) is 24.9. The zero-order valence-corrected chi connectivity index (χ0v) is 20.6. The maximum Gasteiger partial charge on any atom is 0.416 e. The van der Waals surface area contributed by atoms with Crippen molar-refractivity contribution in [2.75, 3.05) is 7.11 Å². The molecule has 1 aromatic carbocycles. The highest BCUT2D eigenvalue weighted by Crippen LogP contribution is 2.33. The normalized spacial score (nSPS) is 11.7. The summed E-state index contributed by atoms with van der Waals surface area (Å²) in [6.07, 6.45) is -0.359. The molecule has 0 saturated carbocycles. The van der Waals surface area contributed by atoms with Crippen LogP contribution in [0.1, 0.15) is 39.8 Å². The van der Waals surface area contributed by atoms with Gasteiger partial charge in [-0.15, -0.1) is 0 Å². The van der Waals surface area contributed by atoms with Crippen molar-refractivity contribution < 1.29 is 22.7 Å². The van der Waals surface area contributed by atoms with E-state index in [4.69, 9.17) is 9.84 Å². The first-order chi connectivity index (χ1) is 16.7. The number of hydrogen-bond donors (Lipinski definition) is 1. The molecule has 4 aromatic rings. The molecule has 0 aliphatic rings. The number of ether oxygens (including phenoxy) is 1. The molecule has 0 radical (unpaired) electrons. The Kier molecular flexibility index (Phi) is 7.23. The molecule has 0 saturated heterocycles. The van der Waals surface area contributed by atoms with Crippen LogP contribution < -0.4 is 5.32 Å². The van der Waals surface area contributed by atoms with Gasteiger partial charge in [0.2, 0.25) is 0 Å². The van der Waals surface area contributed by atoms with E-state index in [1.807, 2.05) is 25.1 Å². The van der Waals surface area contributed by atoms with E-state index in [9.17, 15) is 18.0 Å². The molecule has 4 rings (SSSR count). The number of aryl methyl sites for hydroxylation is 1. The first-order valence-electron chi connectivity index (χ1n) is 10.8. The number of carbonyl (C=O) groups is 1. The number of nitrogens with one attached hydrogen (secondary N) is 1. The van der Waals surface area contributed by atoms with Gasteiger partial charge in [0, 0.05) is 47.3 Å². The van der Waals surface area contributed by atoms with Gasteiger partial charge in [0.1, 0.15) is 5.69 Å². The second kappa shape index (κ2) is 10.2. The van der Waals surface area contributed by atoms with Crippen LogP contribution in [0.15, 0.2) is 59.3 Å². The molecule has 0 fully saturated rings. The lowest BCUT2D eigenvalue weighted by Gasteiger charge is -2.17. The van der Waals surface area contributed by atoms with Crippen molar-refractivity contribution in [3.05, 3.63) is 87.4 Å². The monoisotopic (exact) mass is 546 g/mol. The molecule has 0 aliphatic carbocycles. The van der Waals surface area contributed by atoms with Crippen molar-refractivity contribution in [1.82, 2.24) is 19.9 Å². The average molecular weight is 547 g/mol. The van der Waals surface area contributed by atoms with E-state index in [0.717, 1.165) is 34.2 Å². The van der Waals surface area contributed by atoms with Gasteiger partial charge in [-0.1, -0.05) is 19.1 Å². The Morgan fingerprint density at radius 2 is 1.89 bits per heavy atom. The summed E-state index contributed by atoms with van der Waals surface area (Å²) in [7, 11) is 1.52. The minimum absolute atomic E-state index is 0.0476. The maximum atomic E-state index is 13.5. The van der Waals surface area contributed by atoms with Crippen LogP contribution in [0.2, 0.25) is 0 Å². The highest BCUT2D eigenvalue weighted by molar-refractivity contribution is 9.10. The predicted molar refractivity (Wildman–Crippen MR) is 129 cm³/mol. The summed E-state index contributed by atoms with van der Waals surface area (Å²) in [6, 6.07) is 10.4. The lowest BCUT2D eigenvalue weighted by atomic mass is 9.99. The van der Waals surface area contributed by atoms with Crippen molar-refractivity contribution in [1.29, 1.82) is 0 Å². The third kappa shape index (κ3) is 5.23. The molecule has 1 amide bonds. The van der Waals surface area contributed by atoms with Gasteiger partial charge >= 0.3 is 6.18 Å². The second-order valence-corrected chi connectivity index (χ2v) is 8.79. The highest BCUT2D eigenvalue weighted by atomic mass is 79.9. The van der Waals surface area contributed by atoms with E-state index >= 15 is 0 Å². The highest BCUT2D eigenvalue weighted by Gasteiger charge is 2.30. The summed E-state index contributed by atoms with van der Waals surface area (Å²) in [5.74, 6) is -0.416. The largest absolute Gasteiger partial charge is 0.416 e. The fraction of sp³-hybridized carbons (Fsp3) is 0.240. The van der Waals surface area contributed by atoms with Crippen LogP contribution in [0.25, 0.3) is 16.6 Å². The Morgan fingerprint density at radius 3 is 2.51 bits per heavy atom. The number of nitrogens with zero attached hydrogens (tertiary/aromatic N) is 3. The summed E-state index contributed by atoms with van der Waals surface area (Å²) in [6.45, 7) is 2.16. The summed E-state index contributed by atoms with van der Waals surface area (Å²) in [5.41, 5.74) is 3.62. The smallest absolute Gasteiger partial charge is 0.378 e. The lowest BCUT2D eigenvalue weighted by molar-refractivity contribution is -0.137. The number of amides is 1. The molecule has 1 N–H and O–H groups in total. The van der Waals surface area contributed by atoms with Crippen LogP contribution >= 0.6 is 15.9 Å². The molecular formula is C25H22BrF3N4O2. The van der Waals surface area contributed by atoms with Crippen LogP contribution in [-0.2, 0) is 30.5 Å². The number of rotatable bonds is 7. The Labute approximate surface area is 208 Å². The fourth-order valence-electron chi connectivity index (χ4n) is 3.89. The Morgan fingerprint density at radius 1 is 1.14 bits per heavy atom. The van der Waals surface area contributed by atoms with E-state index in [-0.39, 0.29) is 13.2 Å². The summed E-state index contributed by atoms with van der Waals surface area (Å²) >= 11 is 3.44. The minimum atomic E-state index is -4.42. The Hall–Kier alpha value is -3.24. The van der Waals surface area contributed by atoms with Crippen LogP contribution in [0.3, 0.4) is 0 Å². The van der Waals surface area contributed by atoms with E-state index < -0.39 is 17.6 Å². The second-order valence-electron chi connectivity index (χ2n) is 7.87. The number of benzene rings is 1. The molecule has 182 valence electrons. The van der Waals surface area contributed by atoms with Gasteiger partial charge in [0.05, 0.1) is 23.3 Å². The first-order valence-corrected chi connectivity index (χ1v) is 11.6. The van der Waals surface area contributed by atoms with E-state index in [1.165, 1.54) is 19.2 Å². The van der Waals surface area contributed by atoms with E-state index in [2.05, 4.69) is 26.2 Å². The molecular weight excluding hydrogens is 525 g/mol. The SMILES string of the molecule is CCc1ccc2c(-c3cncc(Br)c3)c(C(=O)NCc3ccc(C(F)(F)F)cc3)c(COC)nn12. The molecule has 0 spiro atoms. The third-order valence-electron chi connectivity index (χ3n) is 5.55. The minimum Gasteiger partial charge on any atom is -0.378 e. The molecule has 35 heavy (non-hydrogen) atoms. The van der Waals surface area contributed by atoms with Gasteiger partial charge < -0.3 is 10.1 Å². The van der Waals surface area contributed by atoms with Gasteiger partial charge in [0.25, 0.3) is 5.91 Å². The van der Waals surface area contributed by atoms with Crippen LogP contribution in [0.5, 0.6) is 0 Å². The summed E-state index contributed by atoms with van der Waals surface area (Å²) in [5, 5.41) is 7.52. The average Bonchev–Trinajstić information content (AvgIpc) is 3.24. The maximum absolute atomic E-state index is 13.5. The molecule has 3 aromatic heterocycles. The quantitative estimate of drug-likeness (QED) is 0.317. The molecule has 3 heterocycles.